The average Bonchev–Trinajstić information content (AvgIpc) is 3.55. The maximum Gasteiger partial charge on any atom is 0.256 e. The Morgan fingerprint density at radius 1 is 0.490 bits per heavy atom. The van der Waals surface area contributed by atoms with E-state index in [1.54, 1.807) is 0 Å². The second-order valence-electron chi connectivity index (χ2n) is 15.2. The fourth-order valence-electron chi connectivity index (χ4n) is 9.57. The molecule has 11 rings (SSSR count). The second-order valence-corrected chi connectivity index (χ2v) is 18.9. The maximum atomic E-state index is 7.04. The molecule has 1 aromatic heterocycles. The Hall–Kier alpha value is -5.78. The first-order valence-electron chi connectivity index (χ1n) is 17.9. The third-order valence-corrected chi connectivity index (χ3v) is 16.4. The van der Waals surface area contributed by atoms with Crippen LogP contribution in [0.1, 0.15) is 26.3 Å². The molecule has 0 N–H and O–H groups in total. The quantitative estimate of drug-likeness (QED) is 0.190. The van der Waals surface area contributed by atoms with Gasteiger partial charge in [0.2, 0.25) is 0 Å². The molecule has 5 heteroatoms. The summed E-state index contributed by atoms with van der Waals surface area (Å²) in [6.07, 6.45) is 0. The van der Waals surface area contributed by atoms with Crippen LogP contribution in [0.4, 0.5) is 17.1 Å². The highest BCUT2D eigenvalue weighted by atomic mass is 28.3. The van der Waals surface area contributed by atoms with Gasteiger partial charge in [0.15, 0.2) is 13.7 Å². The lowest BCUT2D eigenvalue weighted by Gasteiger charge is -2.49. The molecule has 3 nitrogen and oxygen atoms in total. The number of hydrogen-bond acceptors (Lipinski definition) is 3. The Kier molecular flexibility index (Phi) is 5.77. The van der Waals surface area contributed by atoms with E-state index in [0.29, 0.717) is 0 Å². The minimum absolute atomic E-state index is 0.0500. The third-order valence-electron chi connectivity index (χ3n) is 11.5. The topological polar surface area (TPSA) is 25.6 Å². The molecular formula is C46H34BNO2Si. The van der Waals surface area contributed by atoms with Crippen LogP contribution >= 0.6 is 0 Å². The van der Waals surface area contributed by atoms with Crippen LogP contribution < -0.4 is 46.8 Å². The molecule has 0 radical (unpaired) electrons. The second kappa shape index (κ2) is 10.1. The summed E-state index contributed by atoms with van der Waals surface area (Å²) in [5.41, 5.74) is 10.3. The molecule has 3 aliphatic rings. The minimum atomic E-state index is -2.82. The van der Waals surface area contributed by atoms with Gasteiger partial charge in [0.05, 0.1) is 5.69 Å². The molecule has 0 bridgehead atoms. The first kappa shape index (κ1) is 29.0. The van der Waals surface area contributed by atoms with Crippen LogP contribution in [0.2, 0.25) is 0 Å². The number of anilines is 3. The lowest BCUT2D eigenvalue weighted by atomic mass is 9.34. The maximum absolute atomic E-state index is 7.04. The third kappa shape index (κ3) is 3.69. The van der Waals surface area contributed by atoms with Crippen molar-refractivity contribution in [2.75, 3.05) is 4.90 Å². The summed E-state index contributed by atoms with van der Waals surface area (Å²) in [5, 5.41) is 7.89. The Balaban J connectivity index is 1.29. The molecule has 0 amide bonds. The van der Waals surface area contributed by atoms with Gasteiger partial charge >= 0.3 is 0 Å². The predicted octanol–water partition coefficient (Wildman–Crippen LogP) is 6.98. The molecule has 0 spiro atoms. The first-order chi connectivity index (χ1) is 25.0. The Bertz CT molecular complexity index is 2690. The van der Waals surface area contributed by atoms with Gasteiger partial charge in [-0.15, -0.1) is 0 Å². The summed E-state index contributed by atoms with van der Waals surface area (Å²) in [5.74, 6) is 1.89. The summed E-state index contributed by atoms with van der Waals surface area (Å²) < 4.78 is 14.0. The van der Waals surface area contributed by atoms with Gasteiger partial charge in [-0.25, -0.2) is 0 Å². The molecular weight excluding hydrogens is 637 g/mol. The van der Waals surface area contributed by atoms with Gasteiger partial charge in [-0.3, -0.25) is 0 Å². The smallest absolute Gasteiger partial charge is 0.256 e. The van der Waals surface area contributed by atoms with E-state index in [0.717, 1.165) is 44.8 Å². The summed E-state index contributed by atoms with van der Waals surface area (Å²) in [4.78, 5) is 2.47. The number of benzene rings is 7. The minimum Gasteiger partial charge on any atom is -0.458 e. The van der Waals surface area contributed by atoms with Crippen LogP contribution in [0.5, 0.6) is 11.5 Å². The highest BCUT2D eigenvalue weighted by Crippen LogP contribution is 2.46. The van der Waals surface area contributed by atoms with Crippen LogP contribution in [0.3, 0.4) is 0 Å². The summed E-state index contributed by atoms with van der Waals surface area (Å²) >= 11 is 0. The molecule has 0 fully saturated rings. The van der Waals surface area contributed by atoms with E-state index in [2.05, 4.69) is 177 Å². The van der Waals surface area contributed by atoms with Crippen LogP contribution in [0, 0.1) is 0 Å². The molecule has 7 aromatic carbocycles. The zero-order chi connectivity index (χ0) is 34.1. The van der Waals surface area contributed by atoms with Crippen LogP contribution in [0.25, 0.3) is 21.9 Å². The molecule has 4 heterocycles. The van der Waals surface area contributed by atoms with Crippen molar-refractivity contribution >= 4 is 90.9 Å². The molecule has 0 saturated carbocycles. The van der Waals surface area contributed by atoms with Crippen molar-refractivity contribution in [3.63, 3.8) is 0 Å². The average molecular weight is 672 g/mol. The van der Waals surface area contributed by atoms with Crippen LogP contribution in [0.15, 0.2) is 156 Å². The molecule has 0 unspecified atom stereocenters. The number of furan rings is 1. The summed E-state index contributed by atoms with van der Waals surface area (Å²) in [7, 11) is -2.82. The Morgan fingerprint density at radius 3 is 1.71 bits per heavy atom. The zero-order valence-corrected chi connectivity index (χ0v) is 29.8. The Morgan fingerprint density at radius 2 is 1.02 bits per heavy atom. The summed E-state index contributed by atoms with van der Waals surface area (Å²) in [6, 6.07) is 56.0. The largest absolute Gasteiger partial charge is 0.458 e. The van der Waals surface area contributed by atoms with E-state index in [1.807, 2.05) is 0 Å². The molecule has 51 heavy (non-hydrogen) atoms. The molecule has 3 aliphatic heterocycles. The summed E-state index contributed by atoms with van der Waals surface area (Å²) in [6.45, 7) is 6.83. The predicted molar refractivity (Wildman–Crippen MR) is 215 cm³/mol. The van der Waals surface area contributed by atoms with Gasteiger partial charge in [-0.2, -0.15) is 0 Å². The van der Waals surface area contributed by atoms with Crippen molar-refractivity contribution in [2.45, 2.75) is 26.2 Å². The number of ether oxygens (including phenoxy) is 1. The van der Waals surface area contributed by atoms with E-state index in [-0.39, 0.29) is 12.1 Å². The van der Waals surface area contributed by atoms with Gasteiger partial charge in [-0.1, -0.05) is 142 Å². The normalized spacial score (nSPS) is 14.8. The fraction of sp³-hybridized carbons (Fsp3) is 0.0870. The molecule has 0 aliphatic carbocycles. The van der Waals surface area contributed by atoms with Crippen molar-refractivity contribution in [2.24, 2.45) is 0 Å². The van der Waals surface area contributed by atoms with Gasteiger partial charge in [0.25, 0.3) is 6.71 Å². The van der Waals surface area contributed by atoms with E-state index >= 15 is 0 Å². The fourth-order valence-corrected chi connectivity index (χ4v) is 14.9. The zero-order valence-electron chi connectivity index (χ0n) is 28.8. The van der Waals surface area contributed by atoms with Crippen LogP contribution in [-0.2, 0) is 5.41 Å². The van der Waals surface area contributed by atoms with Gasteiger partial charge in [0, 0.05) is 27.7 Å². The number of fused-ring (bicyclic) bond motifs is 3. The molecule has 8 aromatic rings. The molecule has 0 saturated heterocycles. The van der Waals surface area contributed by atoms with Gasteiger partial charge < -0.3 is 14.1 Å². The highest BCUT2D eigenvalue weighted by molar-refractivity contribution is 7.27. The Labute approximate surface area is 298 Å². The van der Waals surface area contributed by atoms with Crippen molar-refractivity contribution in [1.82, 2.24) is 0 Å². The van der Waals surface area contributed by atoms with Gasteiger partial charge in [-0.05, 0) is 72.9 Å². The van der Waals surface area contributed by atoms with E-state index in [4.69, 9.17) is 9.15 Å². The first-order valence-corrected chi connectivity index (χ1v) is 19.9. The van der Waals surface area contributed by atoms with E-state index in [9.17, 15) is 0 Å². The van der Waals surface area contributed by atoms with Crippen LogP contribution in [-0.4, -0.2) is 14.8 Å². The SMILES string of the molecule is CC(C)(C)c1cccc2c1oc1c(N3c4cccc5c4B4c6c(cccc6[Si](c6ccccc6)(c6ccccc6)c6cccc3c64)O5)cccc12. The molecule has 242 valence electrons. The van der Waals surface area contributed by atoms with Crippen molar-refractivity contribution in [1.29, 1.82) is 0 Å². The highest BCUT2D eigenvalue weighted by Gasteiger charge is 2.55. The number of nitrogens with zero attached hydrogens (tertiary/aromatic N) is 1. The van der Waals surface area contributed by atoms with Crippen molar-refractivity contribution in [3.05, 3.63) is 157 Å². The van der Waals surface area contributed by atoms with E-state index in [1.165, 1.54) is 48.4 Å². The lowest BCUT2D eigenvalue weighted by Crippen LogP contribution is -2.87. The standard InChI is InChI=1S/C46H34BNO2Si/c1-46(2,3)33-21-10-19-31-32-20-11-24-36(45(32)50-44(31)33)48-34-22-12-25-37-41(34)47-42-35(48)23-13-27-39(42)51(29-15-6-4-7-16-29,30-17-8-5-9-18-30)40-28-14-26-38(49-37)43(40)47/h4-28H,1-3H3. The number of hydrogen-bond donors (Lipinski definition) is 0. The number of rotatable bonds is 3. The van der Waals surface area contributed by atoms with Crippen molar-refractivity contribution in [3.8, 4) is 11.5 Å². The monoisotopic (exact) mass is 671 g/mol. The number of para-hydroxylation sites is 2. The van der Waals surface area contributed by atoms with Crippen molar-refractivity contribution < 1.29 is 9.15 Å². The molecule has 0 atom stereocenters. The van der Waals surface area contributed by atoms with Gasteiger partial charge in [0.1, 0.15) is 17.1 Å². The van der Waals surface area contributed by atoms with E-state index < -0.39 is 8.07 Å². The lowest BCUT2D eigenvalue weighted by molar-refractivity contribution is 0.488.